The highest BCUT2D eigenvalue weighted by Gasteiger charge is 2.45. The third-order valence-electron chi connectivity index (χ3n) is 3.77. The highest BCUT2D eigenvalue weighted by atomic mass is 15.4. The third-order valence-corrected chi connectivity index (χ3v) is 3.77. The van der Waals surface area contributed by atoms with E-state index in [4.69, 9.17) is 0 Å². The molecule has 0 aliphatic heterocycles. The predicted molar refractivity (Wildman–Crippen MR) is 75.3 cm³/mol. The normalized spacial score (nSPS) is 21.6. The van der Waals surface area contributed by atoms with Crippen molar-refractivity contribution in [1.29, 1.82) is 0 Å². The molecule has 2 aromatic rings. The van der Waals surface area contributed by atoms with Gasteiger partial charge in [0, 0.05) is 11.5 Å². The minimum absolute atomic E-state index is 0.0656. The molecule has 2 heterocycles. The van der Waals surface area contributed by atoms with Gasteiger partial charge in [0.15, 0.2) is 11.5 Å². The van der Waals surface area contributed by atoms with Crippen molar-refractivity contribution in [2.45, 2.75) is 52.5 Å². The van der Waals surface area contributed by atoms with Crippen molar-refractivity contribution in [2.75, 3.05) is 5.32 Å². The molecule has 5 heteroatoms. The topological polar surface area (TPSA) is 55.1 Å². The van der Waals surface area contributed by atoms with Gasteiger partial charge in [0.1, 0.15) is 5.82 Å². The fraction of sp³-hybridized carbons (Fsp3) is 0.643. The van der Waals surface area contributed by atoms with Gasteiger partial charge in [-0.1, -0.05) is 34.6 Å². The molecule has 5 nitrogen and oxygen atoms in total. The molecule has 0 radical (unpaired) electrons. The van der Waals surface area contributed by atoms with E-state index >= 15 is 0 Å². The fourth-order valence-electron chi connectivity index (χ4n) is 2.23. The van der Waals surface area contributed by atoms with E-state index < -0.39 is 0 Å². The summed E-state index contributed by atoms with van der Waals surface area (Å²) in [4.78, 5) is 0. The quantitative estimate of drug-likeness (QED) is 0.900. The molecule has 19 heavy (non-hydrogen) atoms. The summed E-state index contributed by atoms with van der Waals surface area (Å²) >= 11 is 0. The number of nitrogens with zero attached hydrogens (tertiary/aromatic N) is 4. The molecule has 1 aliphatic carbocycles. The molecular formula is C14H21N5. The van der Waals surface area contributed by atoms with Gasteiger partial charge >= 0.3 is 0 Å². The Balaban J connectivity index is 1.95. The van der Waals surface area contributed by atoms with Crippen LogP contribution in [0.5, 0.6) is 0 Å². The molecule has 0 spiro atoms. The summed E-state index contributed by atoms with van der Waals surface area (Å²) in [5.74, 6) is 1.79. The molecule has 1 aliphatic rings. The van der Waals surface area contributed by atoms with Gasteiger partial charge in [-0.2, -0.15) is 4.52 Å². The van der Waals surface area contributed by atoms with E-state index in [0.717, 1.165) is 17.3 Å². The predicted octanol–water partition coefficient (Wildman–Crippen LogP) is 2.63. The Morgan fingerprint density at radius 3 is 2.53 bits per heavy atom. The maximum Gasteiger partial charge on any atom is 0.178 e. The molecule has 102 valence electrons. The number of nitrogens with one attached hydrogen (secondary N) is 1. The van der Waals surface area contributed by atoms with Gasteiger partial charge in [-0.3, -0.25) is 0 Å². The van der Waals surface area contributed by atoms with Crippen molar-refractivity contribution in [2.24, 2.45) is 5.41 Å². The van der Waals surface area contributed by atoms with Crippen LogP contribution in [-0.2, 0) is 5.41 Å². The summed E-state index contributed by atoms with van der Waals surface area (Å²) in [6.45, 7) is 10.9. The van der Waals surface area contributed by atoms with Crippen LogP contribution in [0, 0.1) is 5.41 Å². The first-order valence-corrected chi connectivity index (χ1v) is 6.77. The van der Waals surface area contributed by atoms with Crippen LogP contribution in [0.3, 0.4) is 0 Å². The highest BCUT2D eigenvalue weighted by molar-refractivity contribution is 5.46. The molecule has 0 bridgehead atoms. The first kappa shape index (κ1) is 12.4. The molecule has 1 fully saturated rings. The van der Waals surface area contributed by atoms with Crippen molar-refractivity contribution < 1.29 is 0 Å². The molecule has 0 aromatic carbocycles. The summed E-state index contributed by atoms with van der Waals surface area (Å²) < 4.78 is 1.84. The summed E-state index contributed by atoms with van der Waals surface area (Å²) in [6, 6.07) is 4.46. The standard InChI is InChI=1S/C14H21N5/c1-13(2,3)12-17-16-11-7-6-10(18-19(11)12)15-9-8-14(9,4)5/h6-7,9H,8H2,1-5H3,(H,15,18). The Kier molecular flexibility index (Phi) is 2.40. The molecule has 1 atom stereocenters. The van der Waals surface area contributed by atoms with Crippen molar-refractivity contribution in [3.63, 3.8) is 0 Å². The summed E-state index contributed by atoms with van der Waals surface area (Å²) in [6.07, 6.45) is 1.20. The maximum absolute atomic E-state index is 4.63. The zero-order chi connectivity index (χ0) is 13.8. The molecule has 3 rings (SSSR count). The van der Waals surface area contributed by atoms with Gasteiger partial charge in [-0.25, -0.2) is 0 Å². The molecule has 1 saturated carbocycles. The molecule has 1 N–H and O–H groups in total. The van der Waals surface area contributed by atoms with Crippen molar-refractivity contribution >= 4 is 11.5 Å². The summed E-state index contributed by atoms with van der Waals surface area (Å²) in [5, 5.41) is 16.5. The van der Waals surface area contributed by atoms with Crippen molar-refractivity contribution in [1.82, 2.24) is 19.8 Å². The van der Waals surface area contributed by atoms with Crippen LogP contribution in [0.4, 0.5) is 5.82 Å². The second-order valence-electron chi connectivity index (χ2n) is 7.15. The number of anilines is 1. The second kappa shape index (κ2) is 3.68. The maximum atomic E-state index is 4.63. The minimum atomic E-state index is -0.0656. The Labute approximate surface area is 113 Å². The molecule has 0 saturated heterocycles. The fourth-order valence-corrected chi connectivity index (χ4v) is 2.23. The Hall–Kier alpha value is -1.65. The molecule has 2 aromatic heterocycles. The van der Waals surface area contributed by atoms with E-state index in [2.05, 4.69) is 55.2 Å². The van der Waals surface area contributed by atoms with Gasteiger partial charge < -0.3 is 5.32 Å². The van der Waals surface area contributed by atoms with E-state index in [1.54, 1.807) is 0 Å². The van der Waals surface area contributed by atoms with Crippen LogP contribution >= 0.6 is 0 Å². The average Bonchev–Trinajstić information content (AvgIpc) is 2.73. The van der Waals surface area contributed by atoms with Crippen LogP contribution in [-0.4, -0.2) is 25.9 Å². The first-order chi connectivity index (χ1) is 8.77. The third kappa shape index (κ3) is 2.17. The van der Waals surface area contributed by atoms with E-state index in [1.165, 1.54) is 6.42 Å². The van der Waals surface area contributed by atoms with Gasteiger partial charge in [-0.05, 0) is 24.0 Å². The number of aromatic nitrogens is 4. The SMILES string of the molecule is CC(C)(C)c1nnc2ccc(NC3CC3(C)C)nn12. The van der Waals surface area contributed by atoms with Crippen LogP contribution in [0.25, 0.3) is 5.65 Å². The first-order valence-electron chi connectivity index (χ1n) is 6.77. The van der Waals surface area contributed by atoms with Gasteiger partial charge in [-0.15, -0.1) is 15.3 Å². The minimum Gasteiger partial charge on any atom is -0.365 e. The van der Waals surface area contributed by atoms with E-state index in [0.29, 0.717) is 11.5 Å². The number of rotatable bonds is 2. The highest BCUT2D eigenvalue weighted by Crippen LogP contribution is 2.46. The monoisotopic (exact) mass is 259 g/mol. The van der Waals surface area contributed by atoms with Gasteiger partial charge in [0.2, 0.25) is 0 Å². The molecule has 1 unspecified atom stereocenters. The van der Waals surface area contributed by atoms with E-state index in [-0.39, 0.29) is 5.41 Å². The van der Waals surface area contributed by atoms with Gasteiger partial charge in [0.25, 0.3) is 0 Å². The largest absolute Gasteiger partial charge is 0.365 e. The zero-order valence-electron chi connectivity index (χ0n) is 12.2. The molecule has 0 amide bonds. The van der Waals surface area contributed by atoms with Crippen LogP contribution < -0.4 is 5.32 Å². The lowest BCUT2D eigenvalue weighted by molar-refractivity contribution is 0.527. The van der Waals surface area contributed by atoms with Crippen molar-refractivity contribution in [3.8, 4) is 0 Å². The lowest BCUT2D eigenvalue weighted by Crippen LogP contribution is -2.18. The Bertz CT molecular complexity index is 620. The smallest absolute Gasteiger partial charge is 0.178 e. The van der Waals surface area contributed by atoms with E-state index in [1.807, 2.05) is 16.6 Å². The Morgan fingerprint density at radius 2 is 1.95 bits per heavy atom. The number of hydrogen-bond donors (Lipinski definition) is 1. The van der Waals surface area contributed by atoms with E-state index in [9.17, 15) is 0 Å². The Morgan fingerprint density at radius 1 is 1.26 bits per heavy atom. The van der Waals surface area contributed by atoms with Crippen LogP contribution in [0.2, 0.25) is 0 Å². The zero-order valence-corrected chi connectivity index (χ0v) is 12.2. The number of hydrogen-bond acceptors (Lipinski definition) is 4. The summed E-state index contributed by atoms with van der Waals surface area (Å²) in [7, 11) is 0. The van der Waals surface area contributed by atoms with Crippen molar-refractivity contribution in [3.05, 3.63) is 18.0 Å². The van der Waals surface area contributed by atoms with Gasteiger partial charge in [0.05, 0.1) is 0 Å². The van der Waals surface area contributed by atoms with Crippen LogP contribution in [0.1, 0.15) is 46.9 Å². The molecular weight excluding hydrogens is 238 g/mol. The van der Waals surface area contributed by atoms with Crippen LogP contribution in [0.15, 0.2) is 12.1 Å². The lowest BCUT2D eigenvalue weighted by atomic mass is 9.96. The summed E-state index contributed by atoms with van der Waals surface area (Å²) in [5.41, 5.74) is 1.12. The lowest BCUT2D eigenvalue weighted by Gasteiger charge is -2.15. The second-order valence-corrected chi connectivity index (χ2v) is 7.15. The average molecular weight is 259 g/mol. The number of fused-ring (bicyclic) bond motifs is 1.